The van der Waals surface area contributed by atoms with Crippen LogP contribution in [0.15, 0.2) is 12.7 Å². The number of carbonyl (C=O) groups is 1. The van der Waals surface area contributed by atoms with Crippen molar-refractivity contribution in [3.63, 3.8) is 0 Å². The summed E-state index contributed by atoms with van der Waals surface area (Å²) in [6.07, 6.45) is -1.09. The Balaban J connectivity index is 1.42. The van der Waals surface area contributed by atoms with E-state index in [0.717, 1.165) is 13.0 Å². The summed E-state index contributed by atoms with van der Waals surface area (Å²) in [5, 5.41) is 22.4. The zero-order valence-electron chi connectivity index (χ0n) is 15.7. The molecule has 2 aliphatic rings. The van der Waals surface area contributed by atoms with Crippen molar-refractivity contribution < 1.29 is 33.5 Å². The van der Waals surface area contributed by atoms with Gasteiger partial charge in [0.05, 0.1) is 19.0 Å². The molecule has 2 saturated heterocycles. The summed E-state index contributed by atoms with van der Waals surface area (Å²) >= 11 is 0. The van der Waals surface area contributed by atoms with Gasteiger partial charge in [-0.25, -0.2) is 23.4 Å². The van der Waals surface area contributed by atoms with Gasteiger partial charge >= 0.3 is 0 Å². The minimum absolute atomic E-state index is 0.139. The summed E-state index contributed by atoms with van der Waals surface area (Å²) in [7, 11) is -4.28. The summed E-state index contributed by atoms with van der Waals surface area (Å²) in [5.41, 5.74) is 6.32. The molecule has 5 atom stereocenters. The SMILES string of the molecule is Nc1ncnc2c1ncn2[C@@H]1O[C@H](C[N-]S(=O)(=O)NC(=O)[C@@H]2CCC[NH2+]2)[C@@H](O)[C@H]1O. The first-order chi connectivity index (χ1) is 14.3. The number of nitrogens with two attached hydrogens (primary N) is 2. The van der Waals surface area contributed by atoms with Gasteiger partial charge in [0.15, 0.2) is 33.9 Å². The smallest absolute Gasteiger partial charge is 0.290 e. The van der Waals surface area contributed by atoms with Gasteiger partial charge in [0.25, 0.3) is 5.91 Å². The van der Waals surface area contributed by atoms with Gasteiger partial charge in [-0.15, -0.1) is 6.54 Å². The summed E-state index contributed by atoms with van der Waals surface area (Å²) in [4.78, 5) is 23.9. The highest BCUT2D eigenvalue weighted by atomic mass is 32.2. The maximum absolute atomic E-state index is 12.1. The van der Waals surface area contributed by atoms with Crippen LogP contribution in [0, 0.1) is 0 Å². The number of hydrogen-bond acceptors (Lipinski definition) is 10. The Hall–Kier alpha value is -2.43. The molecule has 0 saturated carbocycles. The Bertz CT molecular complexity index is 1040. The normalized spacial score (nSPS) is 29.5. The Morgan fingerprint density at radius 3 is 2.90 bits per heavy atom. The molecule has 2 fully saturated rings. The molecule has 1 amide bonds. The molecule has 0 bridgehead atoms. The van der Waals surface area contributed by atoms with Gasteiger partial charge in [0.2, 0.25) is 0 Å². The number of anilines is 1. The Morgan fingerprint density at radius 1 is 1.37 bits per heavy atom. The molecule has 2 aliphatic heterocycles. The number of rotatable bonds is 6. The van der Waals surface area contributed by atoms with E-state index < -0.39 is 53.2 Å². The van der Waals surface area contributed by atoms with Crippen LogP contribution in [-0.4, -0.2) is 81.5 Å². The lowest BCUT2D eigenvalue weighted by Gasteiger charge is -2.25. The molecule has 4 heterocycles. The third kappa shape index (κ3) is 3.94. The Morgan fingerprint density at radius 2 is 2.17 bits per heavy atom. The highest BCUT2D eigenvalue weighted by Gasteiger charge is 2.43. The number of quaternary nitrogens is 1. The van der Waals surface area contributed by atoms with Crippen molar-refractivity contribution in [1.82, 2.24) is 24.2 Å². The largest absolute Gasteiger partial charge is 0.528 e. The molecular weight excluding hydrogens is 420 g/mol. The number of nitrogens with one attached hydrogen (secondary N) is 1. The van der Waals surface area contributed by atoms with Crippen molar-refractivity contribution >= 4 is 33.1 Å². The van der Waals surface area contributed by atoms with E-state index in [4.69, 9.17) is 10.5 Å². The topological polar surface area (TPSA) is 213 Å². The van der Waals surface area contributed by atoms with Crippen LogP contribution in [0.25, 0.3) is 15.9 Å². The van der Waals surface area contributed by atoms with Gasteiger partial charge in [-0.3, -0.25) is 14.1 Å². The molecule has 30 heavy (non-hydrogen) atoms. The van der Waals surface area contributed by atoms with Gasteiger partial charge in [-0.1, -0.05) is 0 Å². The van der Waals surface area contributed by atoms with Crippen molar-refractivity contribution in [2.45, 2.75) is 43.4 Å². The average molecular weight is 442 g/mol. The second-order valence-corrected chi connectivity index (χ2v) is 8.57. The number of aromatic nitrogens is 4. The van der Waals surface area contributed by atoms with E-state index in [1.165, 1.54) is 17.2 Å². The summed E-state index contributed by atoms with van der Waals surface area (Å²) in [6, 6.07) is -0.460. The first kappa shape index (κ1) is 20.8. The molecule has 7 N–H and O–H groups in total. The van der Waals surface area contributed by atoms with Crippen LogP contribution in [0.3, 0.4) is 0 Å². The average Bonchev–Trinajstić information content (AvgIpc) is 3.42. The molecule has 2 aromatic rings. The number of aliphatic hydroxyl groups excluding tert-OH is 2. The molecule has 4 rings (SSSR count). The fraction of sp³-hybridized carbons (Fsp3) is 0.600. The molecule has 164 valence electrons. The number of fused-ring (bicyclic) bond motifs is 1. The maximum atomic E-state index is 12.1. The zero-order valence-corrected chi connectivity index (χ0v) is 16.5. The van der Waals surface area contributed by atoms with Gasteiger partial charge in [-0.2, -0.15) is 0 Å². The van der Waals surface area contributed by atoms with Crippen molar-refractivity contribution in [2.24, 2.45) is 0 Å². The van der Waals surface area contributed by atoms with Gasteiger partial charge in [0, 0.05) is 12.8 Å². The number of nitrogen functional groups attached to an aromatic ring is 1. The number of hydrogen-bond donors (Lipinski definition) is 5. The summed E-state index contributed by atoms with van der Waals surface area (Å²) < 4.78 is 36.6. The molecule has 0 aliphatic carbocycles. The third-order valence-corrected chi connectivity index (χ3v) is 6.11. The lowest BCUT2D eigenvalue weighted by Crippen LogP contribution is -2.89. The van der Waals surface area contributed by atoms with E-state index in [-0.39, 0.29) is 11.5 Å². The summed E-state index contributed by atoms with van der Waals surface area (Å²) in [5.74, 6) is -0.496. The molecule has 0 aromatic carbocycles. The van der Waals surface area contributed by atoms with Gasteiger partial charge in [-0.05, 0) is 0 Å². The third-order valence-electron chi connectivity index (χ3n) is 5.16. The van der Waals surface area contributed by atoms with Crippen LogP contribution in [-0.2, 0) is 19.7 Å². The van der Waals surface area contributed by atoms with Crippen LogP contribution >= 0.6 is 0 Å². The van der Waals surface area contributed by atoms with E-state index >= 15 is 0 Å². The van der Waals surface area contributed by atoms with E-state index in [1.807, 2.05) is 4.72 Å². The zero-order chi connectivity index (χ0) is 21.5. The van der Waals surface area contributed by atoms with Gasteiger partial charge in [0.1, 0.15) is 24.1 Å². The molecule has 0 spiro atoms. The van der Waals surface area contributed by atoms with Crippen LogP contribution in [0.2, 0.25) is 0 Å². The molecular formula is C15H22N8O6S. The van der Waals surface area contributed by atoms with E-state index in [2.05, 4.69) is 19.7 Å². The number of amides is 1. The summed E-state index contributed by atoms with van der Waals surface area (Å²) in [6.45, 7) is 0.269. The fourth-order valence-corrected chi connectivity index (χ4v) is 4.40. The van der Waals surface area contributed by atoms with Crippen LogP contribution in [0.1, 0.15) is 19.1 Å². The number of carbonyl (C=O) groups excluding carboxylic acids is 1. The second-order valence-electron chi connectivity index (χ2n) is 7.16. The van der Waals surface area contributed by atoms with E-state index in [9.17, 15) is 23.4 Å². The standard InChI is InChI=1S/C15H21N8O6S/c16-12-9-13(19-5-18-12)23(6-20-9)15-11(25)10(24)8(29-15)4-21-30(27,28)22-14(26)7-2-1-3-17-7/h5-8,10-11,15,17,24-25H,1-4H2,(H,22,26)(H2,16,18,19)/q-1/p+1/t7-,8+,10+,11+,15+/m0/s1. The minimum atomic E-state index is -4.28. The molecule has 0 unspecified atom stereocenters. The quantitative estimate of drug-likeness (QED) is 0.297. The first-order valence-electron chi connectivity index (χ1n) is 9.30. The van der Waals surface area contributed by atoms with Crippen molar-refractivity contribution in [3.8, 4) is 0 Å². The monoisotopic (exact) mass is 442 g/mol. The lowest BCUT2D eigenvalue weighted by molar-refractivity contribution is -0.657. The Labute approximate surface area is 171 Å². The highest BCUT2D eigenvalue weighted by Crippen LogP contribution is 2.32. The number of ether oxygens (including phenoxy) is 1. The van der Waals surface area contributed by atoms with Crippen LogP contribution < -0.4 is 15.8 Å². The predicted molar refractivity (Wildman–Crippen MR) is 101 cm³/mol. The van der Waals surface area contributed by atoms with Gasteiger partial charge < -0.3 is 30.7 Å². The van der Waals surface area contributed by atoms with Crippen LogP contribution in [0.4, 0.5) is 5.82 Å². The number of nitrogens with zero attached hydrogens (tertiary/aromatic N) is 5. The minimum Gasteiger partial charge on any atom is -0.528 e. The fourth-order valence-electron chi connectivity index (χ4n) is 3.59. The predicted octanol–water partition coefficient (Wildman–Crippen LogP) is -3.51. The van der Waals surface area contributed by atoms with E-state index in [1.54, 1.807) is 5.32 Å². The van der Waals surface area contributed by atoms with E-state index in [0.29, 0.717) is 11.9 Å². The maximum Gasteiger partial charge on any atom is 0.290 e. The Kier molecular flexibility index (Phi) is 5.56. The lowest BCUT2D eigenvalue weighted by atomic mass is 10.1. The molecule has 2 aromatic heterocycles. The second kappa shape index (κ2) is 8.01. The van der Waals surface area contributed by atoms with Crippen molar-refractivity contribution in [2.75, 3.05) is 18.8 Å². The number of aliphatic hydroxyl groups is 2. The van der Waals surface area contributed by atoms with Crippen molar-refractivity contribution in [1.29, 1.82) is 0 Å². The van der Waals surface area contributed by atoms with Crippen molar-refractivity contribution in [3.05, 3.63) is 17.4 Å². The number of imidazole rings is 1. The molecule has 15 heteroatoms. The van der Waals surface area contributed by atoms with Crippen LogP contribution in [0.5, 0.6) is 0 Å². The molecule has 0 radical (unpaired) electrons. The molecule has 14 nitrogen and oxygen atoms in total. The highest BCUT2D eigenvalue weighted by molar-refractivity contribution is 7.92. The first-order valence-corrected chi connectivity index (χ1v) is 10.7.